The predicted octanol–water partition coefficient (Wildman–Crippen LogP) is -0.00150. The Morgan fingerprint density at radius 2 is 1.96 bits per heavy atom. The highest BCUT2D eigenvalue weighted by Crippen LogP contribution is 2.19. The van der Waals surface area contributed by atoms with Gasteiger partial charge in [0.2, 0.25) is 17.7 Å². The van der Waals surface area contributed by atoms with Crippen molar-refractivity contribution < 1.29 is 19.1 Å². The third kappa shape index (κ3) is 4.67. The summed E-state index contributed by atoms with van der Waals surface area (Å²) in [5, 5.41) is 2.99. The molecule has 2 fully saturated rings. The maximum atomic E-state index is 12.3. The molecule has 0 spiro atoms. The SMILES string of the molecule is CCOCC(=O)N1CCC(C(=O)N[C@@H]2CC(=O)N(CC)C2)CC1. The Labute approximate surface area is 137 Å². The molecule has 0 radical (unpaired) electrons. The first kappa shape index (κ1) is 17.7. The summed E-state index contributed by atoms with van der Waals surface area (Å²) in [4.78, 5) is 39.4. The number of likely N-dealkylation sites (tertiary alicyclic amines) is 2. The van der Waals surface area contributed by atoms with Crippen molar-refractivity contribution in [2.24, 2.45) is 5.92 Å². The minimum atomic E-state index is -0.0763. The van der Waals surface area contributed by atoms with Crippen LogP contribution in [0.2, 0.25) is 0 Å². The molecule has 130 valence electrons. The van der Waals surface area contributed by atoms with Crippen molar-refractivity contribution in [3.63, 3.8) is 0 Å². The largest absolute Gasteiger partial charge is 0.372 e. The molecule has 1 atom stereocenters. The monoisotopic (exact) mass is 325 g/mol. The third-order valence-corrected chi connectivity index (χ3v) is 4.59. The van der Waals surface area contributed by atoms with Crippen molar-refractivity contribution in [3.05, 3.63) is 0 Å². The van der Waals surface area contributed by atoms with Crippen molar-refractivity contribution >= 4 is 17.7 Å². The molecule has 7 heteroatoms. The van der Waals surface area contributed by atoms with Gasteiger partial charge in [0.1, 0.15) is 6.61 Å². The van der Waals surface area contributed by atoms with E-state index in [-0.39, 0.29) is 36.3 Å². The van der Waals surface area contributed by atoms with Gasteiger partial charge in [-0.05, 0) is 26.7 Å². The molecule has 2 rings (SSSR count). The van der Waals surface area contributed by atoms with E-state index in [1.54, 1.807) is 9.80 Å². The minimum Gasteiger partial charge on any atom is -0.372 e. The molecule has 2 aliphatic rings. The van der Waals surface area contributed by atoms with Crippen molar-refractivity contribution in [2.45, 2.75) is 39.2 Å². The summed E-state index contributed by atoms with van der Waals surface area (Å²) in [5.74, 6) is 0.0365. The molecule has 2 heterocycles. The topological polar surface area (TPSA) is 79.0 Å². The van der Waals surface area contributed by atoms with E-state index in [1.807, 2.05) is 13.8 Å². The van der Waals surface area contributed by atoms with Crippen LogP contribution in [0.15, 0.2) is 0 Å². The molecule has 1 N–H and O–H groups in total. The van der Waals surface area contributed by atoms with Crippen molar-refractivity contribution in [1.29, 1.82) is 0 Å². The molecule has 0 aliphatic carbocycles. The van der Waals surface area contributed by atoms with Crippen LogP contribution in [0.3, 0.4) is 0 Å². The zero-order chi connectivity index (χ0) is 16.8. The van der Waals surface area contributed by atoms with Gasteiger partial charge in [-0.15, -0.1) is 0 Å². The molecular formula is C16H27N3O4. The quantitative estimate of drug-likeness (QED) is 0.745. The molecule has 3 amide bonds. The van der Waals surface area contributed by atoms with Crippen LogP contribution in [-0.2, 0) is 19.1 Å². The number of carbonyl (C=O) groups is 3. The van der Waals surface area contributed by atoms with E-state index in [2.05, 4.69) is 5.32 Å². The normalized spacial score (nSPS) is 22.5. The van der Waals surface area contributed by atoms with E-state index in [9.17, 15) is 14.4 Å². The summed E-state index contributed by atoms with van der Waals surface area (Å²) in [6.45, 7) is 6.92. The second-order valence-electron chi connectivity index (χ2n) is 6.13. The third-order valence-electron chi connectivity index (χ3n) is 4.59. The molecular weight excluding hydrogens is 298 g/mol. The number of likely N-dealkylation sites (N-methyl/N-ethyl adjacent to an activating group) is 1. The minimum absolute atomic E-state index is 0.00862. The van der Waals surface area contributed by atoms with E-state index in [0.29, 0.717) is 52.0 Å². The Balaban J connectivity index is 1.74. The van der Waals surface area contributed by atoms with Gasteiger partial charge in [-0.2, -0.15) is 0 Å². The Morgan fingerprint density at radius 1 is 1.26 bits per heavy atom. The molecule has 2 aliphatic heterocycles. The van der Waals surface area contributed by atoms with E-state index in [0.717, 1.165) is 0 Å². The number of rotatable bonds is 6. The van der Waals surface area contributed by atoms with Crippen molar-refractivity contribution in [2.75, 3.05) is 39.4 Å². The predicted molar refractivity (Wildman–Crippen MR) is 84.6 cm³/mol. The smallest absolute Gasteiger partial charge is 0.248 e. The summed E-state index contributed by atoms with van der Waals surface area (Å²) < 4.78 is 5.14. The maximum Gasteiger partial charge on any atom is 0.248 e. The number of amides is 3. The highest BCUT2D eigenvalue weighted by atomic mass is 16.5. The molecule has 0 bridgehead atoms. The van der Waals surface area contributed by atoms with Gasteiger partial charge in [-0.1, -0.05) is 0 Å². The number of ether oxygens (including phenoxy) is 1. The second kappa shape index (κ2) is 8.29. The van der Waals surface area contributed by atoms with E-state index < -0.39 is 0 Å². The van der Waals surface area contributed by atoms with Gasteiger partial charge in [0.15, 0.2) is 0 Å². The lowest BCUT2D eigenvalue weighted by atomic mass is 9.95. The fourth-order valence-corrected chi connectivity index (χ4v) is 3.17. The fourth-order valence-electron chi connectivity index (χ4n) is 3.17. The molecule has 23 heavy (non-hydrogen) atoms. The lowest BCUT2D eigenvalue weighted by molar-refractivity contribution is -0.139. The lowest BCUT2D eigenvalue weighted by Gasteiger charge is -2.31. The summed E-state index contributed by atoms with van der Waals surface area (Å²) in [5.41, 5.74) is 0. The average Bonchev–Trinajstić information content (AvgIpc) is 2.92. The van der Waals surface area contributed by atoms with Gasteiger partial charge < -0.3 is 19.9 Å². The van der Waals surface area contributed by atoms with Crippen LogP contribution in [0.25, 0.3) is 0 Å². The van der Waals surface area contributed by atoms with Gasteiger partial charge in [-0.25, -0.2) is 0 Å². The number of nitrogens with zero attached hydrogens (tertiary/aromatic N) is 2. The number of hydrogen-bond donors (Lipinski definition) is 1. The van der Waals surface area contributed by atoms with Crippen LogP contribution in [0.5, 0.6) is 0 Å². The Bertz CT molecular complexity index is 447. The zero-order valence-electron chi connectivity index (χ0n) is 14.0. The number of carbonyl (C=O) groups excluding carboxylic acids is 3. The highest BCUT2D eigenvalue weighted by molar-refractivity contribution is 5.83. The standard InChI is InChI=1S/C16H27N3O4/c1-3-18-10-13(9-14(18)20)17-16(22)12-5-7-19(8-6-12)15(21)11-23-4-2/h12-13H,3-11H2,1-2H3,(H,17,22)/t13-/m1/s1. The number of nitrogens with one attached hydrogen (secondary N) is 1. The van der Waals surface area contributed by atoms with Crippen LogP contribution in [0.4, 0.5) is 0 Å². The van der Waals surface area contributed by atoms with Gasteiger partial charge in [0.05, 0.1) is 6.04 Å². The van der Waals surface area contributed by atoms with Crippen LogP contribution in [0.1, 0.15) is 33.1 Å². The van der Waals surface area contributed by atoms with Gasteiger partial charge in [-0.3, -0.25) is 14.4 Å². The van der Waals surface area contributed by atoms with Gasteiger partial charge in [0.25, 0.3) is 0 Å². The van der Waals surface area contributed by atoms with E-state index in [1.165, 1.54) is 0 Å². The maximum absolute atomic E-state index is 12.3. The highest BCUT2D eigenvalue weighted by Gasteiger charge is 2.32. The Morgan fingerprint density at radius 3 is 2.52 bits per heavy atom. The number of hydrogen-bond acceptors (Lipinski definition) is 4. The zero-order valence-corrected chi connectivity index (χ0v) is 14.0. The van der Waals surface area contributed by atoms with E-state index in [4.69, 9.17) is 4.74 Å². The molecule has 0 unspecified atom stereocenters. The Kier molecular flexibility index (Phi) is 6.38. The van der Waals surface area contributed by atoms with E-state index >= 15 is 0 Å². The molecule has 2 saturated heterocycles. The van der Waals surface area contributed by atoms with Crippen LogP contribution in [-0.4, -0.2) is 73.0 Å². The fraction of sp³-hybridized carbons (Fsp3) is 0.812. The first-order chi connectivity index (χ1) is 11.0. The first-order valence-corrected chi connectivity index (χ1v) is 8.48. The summed E-state index contributed by atoms with van der Waals surface area (Å²) in [7, 11) is 0. The van der Waals surface area contributed by atoms with Gasteiger partial charge in [0, 0.05) is 45.1 Å². The first-order valence-electron chi connectivity index (χ1n) is 8.48. The van der Waals surface area contributed by atoms with Crippen LogP contribution in [0, 0.1) is 5.92 Å². The number of piperidine rings is 1. The summed E-state index contributed by atoms with van der Waals surface area (Å²) in [6.07, 6.45) is 1.73. The Hall–Kier alpha value is -1.63. The summed E-state index contributed by atoms with van der Waals surface area (Å²) >= 11 is 0. The summed E-state index contributed by atoms with van der Waals surface area (Å²) in [6, 6.07) is -0.0763. The molecule has 0 saturated carbocycles. The molecule has 0 aromatic rings. The average molecular weight is 325 g/mol. The second-order valence-corrected chi connectivity index (χ2v) is 6.13. The van der Waals surface area contributed by atoms with Crippen molar-refractivity contribution in [1.82, 2.24) is 15.1 Å². The molecule has 0 aromatic heterocycles. The molecule has 7 nitrogen and oxygen atoms in total. The molecule has 0 aromatic carbocycles. The van der Waals surface area contributed by atoms with Gasteiger partial charge >= 0.3 is 0 Å². The van der Waals surface area contributed by atoms with Crippen molar-refractivity contribution in [3.8, 4) is 0 Å². The van der Waals surface area contributed by atoms with Crippen LogP contribution >= 0.6 is 0 Å². The van der Waals surface area contributed by atoms with Crippen LogP contribution < -0.4 is 5.32 Å². The lowest BCUT2D eigenvalue weighted by Crippen LogP contribution is -2.46.